The highest BCUT2D eigenvalue weighted by Gasteiger charge is 2.31. The van der Waals surface area contributed by atoms with Crippen molar-refractivity contribution in [1.82, 2.24) is 4.98 Å². The van der Waals surface area contributed by atoms with Gasteiger partial charge in [0.2, 0.25) is 0 Å². The molecule has 4 heteroatoms. The van der Waals surface area contributed by atoms with E-state index in [1.807, 2.05) is 30.3 Å². The van der Waals surface area contributed by atoms with Crippen molar-refractivity contribution >= 4 is 22.5 Å². The first-order valence-electron chi connectivity index (χ1n) is 7.24. The lowest BCUT2D eigenvalue weighted by molar-refractivity contribution is 0.0846. The number of H-pyrrole nitrogens is 1. The molecule has 1 heterocycles. The van der Waals surface area contributed by atoms with Gasteiger partial charge >= 0.3 is 0 Å². The largest absolute Gasteiger partial charge is 0.358 e. The molecule has 23 heavy (non-hydrogen) atoms. The minimum Gasteiger partial charge on any atom is -0.358 e. The van der Waals surface area contributed by atoms with Crippen molar-refractivity contribution in [2.75, 3.05) is 0 Å². The molecule has 3 rings (SSSR count). The molecule has 1 atom stereocenters. The normalized spacial score (nSPS) is 11.8. The summed E-state index contributed by atoms with van der Waals surface area (Å²) in [6.45, 7) is 1.77. The van der Waals surface area contributed by atoms with Gasteiger partial charge in [-0.2, -0.15) is 5.26 Å². The minimum absolute atomic E-state index is 0.366. The molecule has 0 unspecified atom stereocenters. The zero-order chi connectivity index (χ0) is 16.4. The van der Waals surface area contributed by atoms with Crippen molar-refractivity contribution in [1.29, 1.82) is 5.26 Å². The fraction of sp³-hybridized carbons (Fsp3) is 0.105. The Balaban J connectivity index is 2.05. The molecule has 1 N–H and O–H groups in total. The van der Waals surface area contributed by atoms with Gasteiger partial charge in [-0.05, 0) is 13.0 Å². The third-order valence-corrected chi connectivity index (χ3v) is 3.85. The number of fused-ring (bicyclic) bond motifs is 1. The van der Waals surface area contributed by atoms with Crippen LogP contribution in [0, 0.1) is 24.2 Å². The monoisotopic (exact) mass is 302 g/mol. The summed E-state index contributed by atoms with van der Waals surface area (Å²) in [6.07, 6.45) is 0. The lowest BCUT2D eigenvalue weighted by atomic mass is 9.90. The first kappa shape index (κ1) is 14.7. The van der Waals surface area contributed by atoms with Crippen LogP contribution in [0.4, 0.5) is 0 Å². The molecule has 0 bridgehead atoms. The van der Waals surface area contributed by atoms with Crippen LogP contribution in [0.2, 0.25) is 0 Å². The van der Waals surface area contributed by atoms with E-state index in [-0.39, 0.29) is 0 Å². The summed E-state index contributed by atoms with van der Waals surface area (Å²) in [5.41, 5.74) is 2.26. The van der Waals surface area contributed by atoms with Gasteiger partial charge in [-0.1, -0.05) is 48.5 Å². The molecule has 0 radical (unpaired) electrons. The van der Waals surface area contributed by atoms with Gasteiger partial charge in [0.25, 0.3) is 0 Å². The second-order valence-electron chi connectivity index (χ2n) is 5.33. The number of carbonyl (C=O) groups excluding carboxylic acids is 2. The highest BCUT2D eigenvalue weighted by Crippen LogP contribution is 2.25. The van der Waals surface area contributed by atoms with Crippen molar-refractivity contribution in [2.45, 2.75) is 6.92 Å². The van der Waals surface area contributed by atoms with Gasteiger partial charge in [0, 0.05) is 27.7 Å². The summed E-state index contributed by atoms with van der Waals surface area (Å²) in [4.78, 5) is 28.5. The Kier molecular flexibility index (Phi) is 3.78. The molecular weight excluding hydrogens is 288 g/mol. The molecule has 0 saturated heterocycles. The SMILES string of the molecule is Cc1[nH]c2ccccc2c1C(=O)[C@@H](C#N)C(=O)c1ccccc1. The average Bonchev–Trinajstić information content (AvgIpc) is 2.91. The molecule has 4 nitrogen and oxygen atoms in total. The average molecular weight is 302 g/mol. The molecule has 0 amide bonds. The summed E-state index contributed by atoms with van der Waals surface area (Å²) in [6, 6.07) is 17.7. The maximum absolute atomic E-state index is 12.8. The number of rotatable bonds is 4. The minimum atomic E-state index is -1.34. The van der Waals surface area contributed by atoms with Gasteiger partial charge in [-0.15, -0.1) is 0 Å². The van der Waals surface area contributed by atoms with E-state index < -0.39 is 17.5 Å². The molecular formula is C19H14N2O2. The third-order valence-electron chi connectivity index (χ3n) is 3.85. The molecule has 1 aromatic heterocycles. The number of aromatic nitrogens is 1. The van der Waals surface area contributed by atoms with Gasteiger partial charge in [-0.25, -0.2) is 0 Å². The van der Waals surface area contributed by atoms with E-state index in [0.29, 0.717) is 16.8 Å². The van der Waals surface area contributed by atoms with Crippen LogP contribution in [0.15, 0.2) is 54.6 Å². The molecule has 112 valence electrons. The number of carbonyl (C=O) groups is 2. The molecule has 0 saturated carbocycles. The molecule has 0 aliphatic heterocycles. The fourth-order valence-corrected chi connectivity index (χ4v) is 2.74. The summed E-state index contributed by atoms with van der Waals surface area (Å²) in [5, 5.41) is 10.1. The lowest BCUT2D eigenvalue weighted by Gasteiger charge is -2.08. The third kappa shape index (κ3) is 2.53. The predicted octanol–water partition coefficient (Wildman–Crippen LogP) is 3.68. The summed E-state index contributed by atoms with van der Waals surface area (Å²) < 4.78 is 0. The Bertz CT molecular complexity index is 933. The number of Topliss-reactive ketones (excluding diaryl/α,β-unsaturated/α-hetero) is 2. The second-order valence-corrected chi connectivity index (χ2v) is 5.33. The first-order valence-corrected chi connectivity index (χ1v) is 7.24. The number of benzene rings is 2. The Morgan fingerprint density at radius 1 is 1.00 bits per heavy atom. The van der Waals surface area contributed by atoms with E-state index in [1.165, 1.54) is 0 Å². The predicted molar refractivity (Wildman–Crippen MR) is 87.2 cm³/mol. The van der Waals surface area contributed by atoms with Gasteiger partial charge in [0.15, 0.2) is 17.5 Å². The number of aromatic amines is 1. The van der Waals surface area contributed by atoms with Gasteiger partial charge in [-0.3, -0.25) is 9.59 Å². The van der Waals surface area contributed by atoms with Crippen LogP contribution in [0.1, 0.15) is 26.4 Å². The Hall–Kier alpha value is -3.19. The number of para-hydroxylation sites is 1. The van der Waals surface area contributed by atoms with Gasteiger partial charge < -0.3 is 4.98 Å². The van der Waals surface area contributed by atoms with Crippen LogP contribution < -0.4 is 0 Å². The van der Waals surface area contributed by atoms with E-state index in [2.05, 4.69) is 4.98 Å². The molecule has 0 aliphatic rings. The van der Waals surface area contributed by atoms with Crippen LogP contribution in [0.25, 0.3) is 10.9 Å². The van der Waals surface area contributed by atoms with Crippen LogP contribution in [-0.2, 0) is 0 Å². The zero-order valence-electron chi connectivity index (χ0n) is 12.5. The van der Waals surface area contributed by atoms with Crippen molar-refractivity contribution in [3.8, 4) is 6.07 Å². The smallest absolute Gasteiger partial charge is 0.190 e. The van der Waals surface area contributed by atoms with Gasteiger partial charge in [0.05, 0.1) is 6.07 Å². The van der Waals surface area contributed by atoms with E-state index in [0.717, 1.165) is 10.9 Å². The number of nitrogens with zero attached hydrogens (tertiary/aromatic N) is 1. The maximum atomic E-state index is 12.8. The van der Waals surface area contributed by atoms with E-state index >= 15 is 0 Å². The summed E-state index contributed by atoms with van der Waals surface area (Å²) >= 11 is 0. The van der Waals surface area contributed by atoms with Crippen molar-refractivity contribution in [3.63, 3.8) is 0 Å². The van der Waals surface area contributed by atoms with Crippen LogP contribution in [0.5, 0.6) is 0 Å². The number of nitriles is 1. The van der Waals surface area contributed by atoms with E-state index in [1.54, 1.807) is 37.3 Å². The zero-order valence-corrected chi connectivity index (χ0v) is 12.5. The highest BCUT2D eigenvalue weighted by molar-refractivity contribution is 6.22. The van der Waals surface area contributed by atoms with Crippen LogP contribution in [-0.4, -0.2) is 16.6 Å². The Morgan fingerprint density at radius 3 is 2.35 bits per heavy atom. The van der Waals surface area contributed by atoms with Crippen molar-refractivity contribution < 1.29 is 9.59 Å². The van der Waals surface area contributed by atoms with Crippen LogP contribution in [0.3, 0.4) is 0 Å². The molecule has 3 aromatic rings. The van der Waals surface area contributed by atoms with Gasteiger partial charge in [0.1, 0.15) is 0 Å². The Morgan fingerprint density at radius 2 is 1.65 bits per heavy atom. The summed E-state index contributed by atoms with van der Waals surface area (Å²) in [7, 11) is 0. The van der Waals surface area contributed by atoms with Crippen molar-refractivity contribution in [2.24, 2.45) is 5.92 Å². The molecule has 0 aliphatic carbocycles. The molecule has 0 fully saturated rings. The fourth-order valence-electron chi connectivity index (χ4n) is 2.74. The number of hydrogen-bond donors (Lipinski definition) is 1. The van der Waals surface area contributed by atoms with E-state index in [9.17, 15) is 14.9 Å². The topological polar surface area (TPSA) is 73.7 Å². The molecule has 2 aromatic carbocycles. The second kappa shape index (κ2) is 5.90. The quantitative estimate of drug-likeness (QED) is 0.590. The number of nitrogens with one attached hydrogen (secondary N) is 1. The lowest BCUT2D eigenvalue weighted by Crippen LogP contribution is -2.23. The van der Waals surface area contributed by atoms with Crippen LogP contribution >= 0.6 is 0 Å². The highest BCUT2D eigenvalue weighted by atomic mass is 16.2. The number of ketones is 2. The standard InChI is InChI=1S/C19H14N2O2/c1-12-17(14-9-5-6-10-16(14)21-12)19(23)15(11-20)18(22)13-7-3-2-4-8-13/h2-10,15,21H,1H3/t15-/m0/s1. The van der Waals surface area contributed by atoms with E-state index in [4.69, 9.17) is 0 Å². The number of hydrogen-bond acceptors (Lipinski definition) is 3. The Labute approximate surface area is 133 Å². The molecule has 0 spiro atoms. The summed E-state index contributed by atoms with van der Waals surface area (Å²) in [5.74, 6) is -2.27. The van der Waals surface area contributed by atoms with Crippen molar-refractivity contribution in [3.05, 3.63) is 71.4 Å². The first-order chi connectivity index (χ1) is 11.1. The number of aryl methyl sites for hydroxylation is 1. The maximum Gasteiger partial charge on any atom is 0.190 e.